The van der Waals surface area contributed by atoms with Gasteiger partial charge in [0.1, 0.15) is 16.7 Å². The number of benzene rings is 2. The second-order valence-electron chi connectivity index (χ2n) is 5.11. The lowest BCUT2D eigenvalue weighted by molar-refractivity contribution is -0.109. The zero-order valence-electron chi connectivity index (χ0n) is 14.6. The van der Waals surface area contributed by atoms with Gasteiger partial charge in [0, 0.05) is 12.3 Å². The molecule has 2 aromatic carbocycles. The zero-order chi connectivity index (χ0) is 19.4. The van der Waals surface area contributed by atoms with Gasteiger partial charge in [-0.15, -0.1) is 0 Å². The van der Waals surface area contributed by atoms with Gasteiger partial charge in [0.05, 0.1) is 11.5 Å². The maximum Gasteiger partial charge on any atom is 0.207 e. The van der Waals surface area contributed by atoms with Crippen molar-refractivity contribution in [3.05, 3.63) is 48.0 Å². The Balaban J connectivity index is 0.000000487. The summed E-state index contributed by atoms with van der Waals surface area (Å²) in [6.07, 6.45) is 0.552. The van der Waals surface area contributed by atoms with Crippen LogP contribution in [0.2, 0.25) is 0 Å². The molecule has 1 amide bonds. The molecule has 1 unspecified atom stereocenters. The zero-order valence-corrected chi connectivity index (χ0v) is 16.2. The third-order valence-corrected chi connectivity index (χ3v) is 4.98. The van der Waals surface area contributed by atoms with Gasteiger partial charge in [-0.2, -0.15) is 11.8 Å². The molecule has 0 bridgehead atoms. The molecule has 2 aromatic rings. The highest BCUT2D eigenvalue weighted by molar-refractivity contribution is 7.98. The summed E-state index contributed by atoms with van der Waals surface area (Å²) in [6.45, 7) is 2.51. The first kappa shape index (κ1) is 22.2. The molecule has 0 spiro atoms. The van der Waals surface area contributed by atoms with Crippen molar-refractivity contribution in [1.82, 2.24) is 5.32 Å². The van der Waals surface area contributed by atoms with Gasteiger partial charge >= 0.3 is 0 Å². The lowest BCUT2D eigenvalue weighted by Crippen LogP contribution is -2.14. The number of rotatable bonds is 8. The van der Waals surface area contributed by atoms with Gasteiger partial charge in [0.2, 0.25) is 6.41 Å². The van der Waals surface area contributed by atoms with Crippen LogP contribution in [-0.4, -0.2) is 39.7 Å². The fourth-order valence-electron chi connectivity index (χ4n) is 1.99. The molecule has 5 N–H and O–H groups in total. The quantitative estimate of drug-likeness (QED) is 0.403. The monoisotopic (exact) mass is 396 g/mol. The molecule has 0 aliphatic heterocycles. The Morgan fingerprint density at radius 1 is 1.19 bits per heavy atom. The van der Waals surface area contributed by atoms with Crippen LogP contribution >= 0.6 is 11.8 Å². The average Bonchev–Trinajstić information content (AvgIpc) is 2.66. The number of nitrogens with one attached hydrogen (secondary N) is 1. The summed E-state index contributed by atoms with van der Waals surface area (Å²) in [4.78, 5) is 9.60. The van der Waals surface area contributed by atoms with E-state index in [1.807, 2.05) is 23.9 Å². The number of amides is 1. The largest absolute Gasteiger partial charge is 0.507 e. The number of aromatic hydroxyl groups is 1. The molecule has 0 saturated carbocycles. The van der Waals surface area contributed by atoms with Crippen LogP contribution in [0.3, 0.4) is 0 Å². The van der Waals surface area contributed by atoms with E-state index < -0.39 is 11.0 Å². The Bertz CT molecular complexity index is 709. The van der Waals surface area contributed by atoms with Gasteiger partial charge in [-0.1, -0.05) is 37.3 Å². The molecular formula is C18H24N2O4S2. The minimum atomic E-state index is -1.69. The molecule has 1 atom stereocenters. The highest BCUT2D eigenvalue weighted by Crippen LogP contribution is 2.28. The molecule has 0 aliphatic carbocycles. The number of carbonyl (C=O) groups excluding carboxylic acids is 1. The Morgan fingerprint density at radius 3 is 2.35 bits per heavy atom. The predicted octanol–water partition coefficient (Wildman–Crippen LogP) is 2.02. The molecule has 0 saturated heterocycles. The Morgan fingerprint density at radius 2 is 1.85 bits per heavy atom. The van der Waals surface area contributed by atoms with Crippen LogP contribution in [0.15, 0.2) is 47.4 Å². The summed E-state index contributed by atoms with van der Waals surface area (Å²) in [6, 6.07) is 13.2. The number of hydrogen-bond donors (Lipinski definition) is 4. The van der Waals surface area contributed by atoms with E-state index in [1.165, 1.54) is 11.6 Å². The van der Waals surface area contributed by atoms with Gasteiger partial charge in [-0.3, -0.25) is 4.79 Å². The summed E-state index contributed by atoms with van der Waals surface area (Å²) >= 11 is 1.88. The Hall–Kier alpha value is -1.87. The molecule has 0 heterocycles. The summed E-state index contributed by atoms with van der Waals surface area (Å²) in [7, 11) is -1.69. The second-order valence-corrected chi connectivity index (χ2v) is 7.42. The summed E-state index contributed by atoms with van der Waals surface area (Å²) in [5, 5.41) is 25.2. The molecule has 26 heavy (non-hydrogen) atoms. The van der Waals surface area contributed by atoms with Crippen LogP contribution in [0.5, 0.6) is 5.75 Å². The van der Waals surface area contributed by atoms with Crippen molar-refractivity contribution in [3.8, 4) is 16.9 Å². The van der Waals surface area contributed by atoms with Crippen molar-refractivity contribution in [2.75, 3.05) is 18.9 Å². The topological polar surface area (TPSA) is 113 Å². The number of carbonyl (C=O) groups is 1. The Labute approximate surface area is 160 Å². The van der Waals surface area contributed by atoms with Crippen LogP contribution < -0.4 is 10.5 Å². The molecule has 2 rings (SSSR count). The van der Waals surface area contributed by atoms with E-state index in [0.29, 0.717) is 13.0 Å². The van der Waals surface area contributed by atoms with Crippen molar-refractivity contribution in [3.63, 3.8) is 0 Å². The molecule has 0 aromatic heterocycles. The number of hydrogen-bond acceptors (Lipinski definition) is 5. The van der Waals surface area contributed by atoms with Crippen molar-refractivity contribution < 1.29 is 19.2 Å². The van der Waals surface area contributed by atoms with E-state index in [4.69, 9.17) is 10.2 Å². The minimum absolute atomic E-state index is 0.0126. The van der Waals surface area contributed by atoms with Crippen LogP contribution in [-0.2, 0) is 21.5 Å². The van der Waals surface area contributed by atoms with Crippen LogP contribution in [0, 0.1) is 0 Å². The molecule has 142 valence electrons. The minimum Gasteiger partial charge on any atom is -0.507 e. The van der Waals surface area contributed by atoms with Gasteiger partial charge in [0.15, 0.2) is 0 Å². The lowest BCUT2D eigenvalue weighted by atomic mass is 10.0. The van der Waals surface area contributed by atoms with Crippen molar-refractivity contribution in [2.45, 2.75) is 17.6 Å². The highest BCUT2D eigenvalue weighted by Gasteiger charge is 2.08. The smallest absolute Gasteiger partial charge is 0.207 e. The van der Waals surface area contributed by atoms with Crippen molar-refractivity contribution in [1.29, 1.82) is 0 Å². The average molecular weight is 397 g/mol. The maximum absolute atomic E-state index is 11.3. The number of phenolic OH excluding ortho intramolecular Hbond substituents is 1. The van der Waals surface area contributed by atoms with E-state index in [-0.39, 0.29) is 17.3 Å². The fraction of sp³-hybridized carbons (Fsp3) is 0.278. The molecule has 0 radical (unpaired) electrons. The number of nitrogens with two attached hydrogens (primary N) is 1. The van der Waals surface area contributed by atoms with E-state index >= 15 is 0 Å². The SMILES string of the molecule is CCSCc1ccc(-c2ccc(O)c(S(N)=O)c2)cc1.O=CNCCO. The van der Waals surface area contributed by atoms with Crippen LogP contribution in [0.4, 0.5) is 0 Å². The predicted molar refractivity (Wildman–Crippen MR) is 107 cm³/mol. The lowest BCUT2D eigenvalue weighted by Gasteiger charge is -2.07. The molecule has 6 nitrogen and oxygen atoms in total. The van der Waals surface area contributed by atoms with Gasteiger partial charge in [-0.25, -0.2) is 9.35 Å². The summed E-state index contributed by atoms with van der Waals surface area (Å²) < 4.78 is 11.3. The maximum atomic E-state index is 11.3. The molecule has 8 heteroatoms. The third kappa shape index (κ3) is 7.57. The van der Waals surface area contributed by atoms with E-state index in [2.05, 4.69) is 24.4 Å². The first-order valence-corrected chi connectivity index (χ1v) is 10.3. The second kappa shape index (κ2) is 12.5. The van der Waals surface area contributed by atoms with Gasteiger partial charge < -0.3 is 15.5 Å². The van der Waals surface area contributed by atoms with E-state index in [0.717, 1.165) is 22.6 Å². The third-order valence-electron chi connectivity index (χ3n) is 3.28. The first-order valence-electron chi connectivity index (χ1n) is 7.97. The normalized spacial score (nSPS) is 11.2. The standard InChI is InChI=1S/C15H17NO2S2.C3H7NO2/c1-2-19-10-11-3-5-12(6-4-11)13-7-8-14(17)15(9-13)20(16)18;5-2-1-4-3-6/h3-9,17H,2,10,16H2,1H3;3,5H,1-2H2,(H,4,6). The summed E-state index contributed by atoms with van der Waals surface area (Å²) in [5.41, 5.74) is 3.19. The first-order chi connectivity index (χ1) is 12.5. The van der Waals surface area contributed by atoms with Crippen molar-refractivity contribution in [2.24, 2.45) is 5.14 Å². The summed E-state index contributed by atoms with van der Waals surface area (Å²) in [5.74, 6) is 2.07. The molecule has 0 fully saturated rings. The van der Waals surface area contributed by atoms with Crippen LogP contribution in [0.25, 0.3) is 11.1 Å². The number of aliphatic hydroxyl groups is 1. The van der Waals surface area contributed by atoms with E-state index in [9.17, 15) is 14.1 Å². The molecular weight excluding hydrogens is 372 g/mol. The Kier molecular flexibility index (Phi) is 10.6. The number of aliphatic hydroxyl groups excluding tert-OH is 1. The van der Waals surface area contributed by atoms with Gasteiger partial charge in [0.25, 0.3) is 0 Å². The van der Waals surface area contributed by atoms with E-state index in [1.54, 1.807) is 12.1 Å². The van der Waals surface area contributed by atoms with Crippen LogP contribution in [0.1, 0.15) is 12.5 Å². The number of phenols is 1. The fourth-order valence-corrected chi connectivity index (χ4v) is 3.14. The van der Waals surface area contributed by atoms with Gasteiger partial charge in [-0.05, 0) is 34.6 Å². The van der Waals surface area contributed by atoms with Crippen molar-refractivity contribution >= 4 is 29.2 Å². The molecule has 0 aliphatic rings. The highest BCUT2D eigenvalue weighted by atomic mass is 32.2. The number of thioether (sulfide) groups is 1.